The van der Waals surface area contributed by atoms with Crippen molar-refractivity contribution >= 4 is 23.0 Å². The highest BCUT2D eigenvalue weighted by atomic mass is 32.1. The molecule has 0 saturated carbocycles. The van der Waals surface area contributed by atoms with E-state index in [2.05, 4.69) is 11.1 Å². The van der Waals surface area contributed by atoms with E-state index >= 15 is 0 Å². The highest BCUT2D eigenvalue weighted by molar-refractivity contribution is 7.11. The smallest absolute Gasteiger partial charge is 0.134 e. The van der Waals surface area contributed by atoms with Crippen LogP contribution < -0.4 is 0 Å². The molecule has 0 spiro atoms. The van der Waals surface area contributed by atoms with Crippen LogP contribution in [0, 0.1) is 18.3 Å². The van der Waals surface area contributed by atoms with Crippen LogP contribution in [-0.4, -0.2) is 4.98 Å². The minimum absolute atomic E-state index is 0.594. The standard InChI is InChI=1S/C19H14N2S/c1-14-7-9-15(10-8-14)11-17(12-20)19-21-18(13-22-19)16-5-3-2-4-6-16/h2-11,13H,1H3. The minimum atomic E-state index is 0.594. The molecular weight excluding hydrogens is 288 g/mol. The zero-order chi connectivity index (χ0) is 15.4. The summed E-state index contributed by atoms with van der Waals surface area (Å²) in [6.45, 7) is 2.05. The van der Waals surface area contributed by atoms with Crippen LogP contribution in [0.15, 0.2) is 60.0 Å². The lowest BCUT2D eigenvalue weighted by molar-refractivity contribution is 1.37. The Hall–Kier alpha value is -2.70. The first-order valence-corrected chi connectivity index (χ1v) is 7.84. The second-order valence-electron chi connectivity index (χ2n) is 4.98. The molecule has 106 valence electrons. The Kier molecular flexibility index (Phi) is 4.13. The van der Waals surface area contributed by atoms with Gasteiger partial charge in [-0.05, 0) is 18.6 Å². The maximum Gasteiger partial charge on any atom is 0.134 e. The predicted octanol–water partition coefficient (Wildman–Crippen LogP) is 5.18. The summed E-state index contributed by atoms with van der Waals surface area (Å²) in [5, 5.41) is 12.2. The average molecular weight is 302 g/mol. The van der Waals surface area contributed by atoms with E-state index in [1.807, 2.05) is 73.0 Å². The molecular formula is C19H14N2S. The molecule has 1 aromatic heterocycles. The Morgan fingerprint density at radius 1 is 1.09 bits per heavy atom. The first-order chi connectivity index (χ1) is 10.8. The fourth-order valence-corrected chi connectivity index (χ4v) is 2.90. The fraction of sp³-hybridized carbons (Fsp3) is 0.0526. The van der Waals surface area contributed by atoms with Crippen LogP contribution in [0.1, 0.15) is 16.1 Å². The molecule has 1 heterocycles. The van der Waals surface area contributed by atoms with E-state index in [9.17, 15) is 5.26 Å². The number of hydrogen-bond acceptors (Lipinski definition) is 3. The Bertz CT molecular complexity index is 837. The summed E-state index contributed by atoms with van der Waals surface area (Å²) in [5.74, 6) is 0. The molecule has 0 bridgehead atoms. The molecule has 0 radical (unpaired) electrons. The van der Waals surface area contributed by atoms with Gasteiger partial charge in [0.1, 0.15) is 11.1 Å². The van der Waals surface area contributed by atoms with Crippen LogP contribution in [0.4, 0.5) is 0 Å². The van der Waals surface area contributed by atoms with Gasteiger partial charge in [-0.15, -0.1) is 11.3 Å². The number of benzene rings is 2. The minimum Gasteiger partial charge on any atom is -0.235 e. The van der Waals surface area contributed by atoms with Gasteiger partial charge in [0.25, 0.3) is 0 Å². The van der Waals surface area contributed by atoms with Crippen LogP contribution in [0.3, 0.4) is 0 Å². The topological polar surface area (TPSA) is 36.7 Å². The Labute approximate surface area is 134 Å². The number of hydrogen-bond donors (Lipinski definition) is 0. The third kappa shape index (κ3) is 3.13. The van der Waals surface area contributed by atoms with Gasteiger partial charge in [0.05, 0.1) is 11.3 Å². The van der Waals surface area contributed by atoms with E-state index in [4.69, 9.17) is 0 Å². The van der Waals surface area contributed by atoms with Gasteiger partial charge in [0.2, 0.25) is 0 Å². The number of allylic oxidation sites excluding steroid dienone is 1. The normalized spacial score (nSPS) is 11.2. The van der Waals surface area contributed by atoms with Gasteiger partial charge >= 0.3 is 0 Å². The SMILES string of the molecule is Cc1ccc(C=C(C#N)c2nc(-c3ccccc3)cs2)cc1. The molecule has 2 nitrogen and oxygen atoms in total. The molecule has 0 unspecified atom stereocenters. The van der Waals surface area contributed by atoms with Crippen molar-refractivity contribution in [3.05, 3.63) is 76.1 Å². The molecule has 3 rings (SSSR count). The average Bonchev–Trinajstić information content (AvgIpc) is 3.05. The zero-order valence-electron chi connectivity index (χ0n) is 12.2. The van der Waals surface area contributed by atoms with Crippen molar-refractivity contribution in [2.24, 2.45) is 0 Å². The number of aryl methyl sites for hydroxylation is 1. The number of aromatic nitrogens is 1. The molecule has 3 heteroatoms. The van der Waals surface area contributed by atoms with Crippen molar-refractivity contribution in [1.29, 1.82) is 5.26 Å². The maximum atomic E-state index is 9.42. The highest BCUT2D eigenvalue weighted by Crippen LogP contribution is 2.27. The first-order valence-electron chi connectivity index (χ1n) is 6.96. The second-order valence-corrected chi connectivity index (χ2v) is 5.84. The number of nitriles is 1. The number of rotatable bonds is 3. The summed E-state index contributed by atoms with van der Waals surface area (Å²) < 4.78 is 0. The summed E-state index contributed by atoms with van der Waals surface area (Å²) >= 11 is 1.50. The number of nitrogens with zero attached hydrogens (tertiary/aromatic N) is 2. The monoisotopic (exact) mass is 302 g/mol. The maximum absolute atomic E-state index is 9.42. The molecule has 3 aromatic rings. The molecule has 22 heavy (non-hydrogen) atoms. The molecule has 0 aliphatic carbocycles. The van der Waals surface area contributed by atoms with Gasteiger partial charge in [0, 0.05) is 10.9 Å². The van der Waals surface area contributed by atoms with Crippen molar-refractivity contribution < 1.29 is 0 Å². The Balaban J connectivity index is 1.94. The van der Waals surface area contributed by atoms with Crippen LogP contribution in [0.2, 0.25) is 0 Å². The van der Waals surface area contributed by atoms with Crippen LogP contribution in [0.5, 0.6) is 0 Å². The van der Waals surface area contributed by atoms with Crippen molar-refractivity contribution in [2.75, 3.05) is 0 Å². The van der Waals surface area contributed by atoms with Crippen LogP contribution in [-0.2, 0) is 0 Å². The third-order valence-corrected chi connectivity index (χ3v) is 4.19. The van der Waals surface area contributed by atoms with Gasteiger partial charge in [-0.1, -0.05) is 60.2 Å². The summed E-state index contributed by atoms with van der Waals surface area (Å²) in [6.07, 6.45) is 1.88. The van der Waals surface area contributed by atoms with Gasteiger partial charge in [-0.25, -0.2) is 4.98 Å². The van der Waals surface area contributed by atoms with Crippen molar-refractivity contribution in [2.45, 2.75) is 6.92 Å². The van der Waals surface area contributed by atoms with E-state index in [1.165, 1.54) is 16.9 Å². The molecule has 0 saturated heterocycles. The third-order valence-electron chi connectivity index (χ3n) is 3.31. The van der Waals surface area contributed by atoms with E-state index in [0.29, 0.717) is 5.57 Å². The molecule has 0 fully saturated rings. The first kappa shape index (κ1) is 14.2. The summed E-state index contributed by atoms with van der Waals surface area (Å²) in [6, 6.07) is 20.4. The predicted molar refractivity (Wildman–Crippen MR) is 92.2 cm³/mol. The van der Waals surface area contributed by atoms with Gasteiger partial charge in [-0.3, -0.25) is 0 Å². The van der Waals surface area contributed by atoms with Crippen molar-refractivity contribution in [3.63, 3.8) is 0 Å². The fourth-order valence-electron chi connectivity index (χ4n) is 2.11. The van der Waals surface area contributed by atoms with Crippen molar-refractivity contribution in [1.82, 2.24) is 4.98 Å². The van der Waals surface area contributed by atoms with E-state index in [0.717, 1.165) is 21.8 Å². The van der Waals surface area contributed by atoms with E-state index in [1.54, 1.807) is 0 Å². The molecule has 0 aliphatic heterocycles. The largest absolute Gasteiger partial charge is 0.235 e. The summed E-state index contributed by atoms with van der Waals surface area (Å²) in [5.41, 5.74) is 4.79. The second kappa shape index (κ2) is 6.38. The Morgan fingerprint density at radius 2 is 1.82 bits per heavy atom. The summed E-state index contributed by atoms with van der Waals surface area (Å²) in [4.78, 5) is 4.59. The molecule has 0 atom stereocenters. The van der Waals surface area contributed by atoms with Gasteiger partial charge in [0.15, 0.2) is 0 Å². The van der Waals surface area contributed by atoms with Gasteiger partial charge < -0.3 is 0 Å². The van der Waals surface area contributed by atoms with Crippen molar-refractivity contribution in [3.8, 4) is 17.3 Å². The molecule has 0 N–H and O–H groups in total. The van der Waals surface area contributed by atoms with E-state index < -0.39 is 0 Å². The number of thiazole rings is 1. The van der Waals surface area contributed by atoms with Crippen LogP contribution in [0.25, 0.3) is 22.9 Å². The molecule has 0 aliphatic rings. The highest BCUT2D eigenvalue weighted by Gasteiger charge is 2.08. The lowest BCUT2D eigenvalue weighted by Gasteiger charge is -1.97. The molecule has 0 amide bonds. The van der Waals surface area contributed by atoms with Crippen LogP contribution >= 0.6 is 11.3 Å². The molecule has 2 aromatic carbocycles. The zero-order valence-corrected chi connectivity index (χ0v) is 13.0. The van der Waals surface area contributed by atoms with Gasteiger partial charge in [-0.2, -0.15) is 5.26 Å². The lowest BCUT2D eigenvalue weighted by atomic mass is 10.1. The summed E-state index contributed by atoms with van der Waals surface area (Å²) in [7, 11) is 0. The van der Waals surface area contributed by atoms with E-state index in [-0.39, 0.29) is 0 Å². The lowest BCUT2D eigenvalue weighted by Crippen LogP contribution is -1.83. The Morgan fingerprint density at radius 3 is 2.50 bits per heavy atom. The quantitative estimate of drug-likeness (QED) is 0.625.